The van der Waals surface area contributed by atoms with Crippen molar-refractivity contribution in [2.75, 3.05) is 26.9 Å². The maximum absolute atomic E-state index is 11.9. The molecule has 7 nitrogen and oxygen atoms in total. The molecule has 0 bridgehead atoms. The van der Waals surface area contributed by atoms with Gasteiger partial charge in [0.2, 0.25) is 0 Å². The van der Waals surface area contributed by atoms with Crippen LogP contribution in [0.5, 0.6) is 17.2 Å². The largest absolute Gasteiger partial charge is 0.507 e. The number of rotatable bonds is 8. The first-order valence-corrected chi connectivity index (χ1v) is 7.59. The van der Waals surface area contributed by atoms with Crippen molar-refractivity contribution < 1.29 is 28.9 Å². The number of esters is 1. The lowest BCUT2D eigenvalue weighted by Crippen LogP contribution is -2.32. The molecule has 0 saturated carbocycles. The van der Waals surface area contributed by atoms with Crippen molar-refractivity contribution in [3.63, 3.8) is 0 Å². The van der Waals surface area contributed by atoms with Crippen LogP contribution in [0.4, 0.5) is 0 Å². The maximum atomic E-state index is 11.9. The molecule has 0 heterocycles. The van der Waals surface area contributed by atoms with Gasteiger partial charge in [0.15, 0.2) is 6.61 Å². The van der Waals surface area contributed by atoms with E-state index in [-0.39, 0.29) is 17.9 Å². The van der Waals surface area contributed by atoms with E-state index >= 15 is 0 Å². The van der Waals surface area contributed by atoms with E-state index < -0.39 is 18.5 Å². The summed E-state index contributed by atoms with van der Waals surface area (Å²) in [5.41, 5.74) is -0.0699. The molecule has 7 heteroatoms. The van der Waals surface area contributed by atoms with Crippen molar-refractivity contribution in [1.29, 1.82) is 0 Å². The maximum Gasteiger partial charge on any atom is 0.342 e. The number of ether oxygens (including phenoxy) is 3. The van der Waals surface area contributed by atoms with Gasteiger partial charge in [0, 0.05) is 0 Å². The molecule has 25 heavy (non-hydrogen) atoms. The van der Waals surface area contributed by atoms with Crippen LogP contribution in [0.3, 0.4) is 0 Å². The minimum absolute atomic E-state index is 0.0699. The van der Waals surface area contributed by atoms with Crippen LogP contribution in [0.25, 0.3) is 0 Å². The summed E-state index contributed by atoms with van der Waals surface area (Å²) in [6.45, 7) is 0.108. The highest BCUT2D eigenvalue weighted by atomic mass is 16.5. The number of methoxy groups -OCH3 is 1. The van der Waals surface area contributed by atoms with Crippen molar-refractivity contribution in [3.8, 4) is 17.2 Å². The number of phenolic OH excluding ortho intramolecular Hbond substituents is 1. The quantitative estimate of drug-likeness (QED) is 0.559. The Kier molecular flexibility index (Phi) is 6.65. The lowest BCUT2D eigenvalue weighted by atomic mass is 10.2. The minimum atomic E-state index is -0.813. The van der Waals surface area contributed by atoms with Gasteiger partial charge in [0.1, 0.15) is 29.4 Å². The van der Waals surface area contributed by atoms with Crippen LogP contribution < -0.4 is 14.8 Å². The monoisotopic (exact) mass is 345 g/mol. The second kappa shape index (κ2) is 9.17. The summed E-state index contributed by atoms with van der Waals surface area (Å²) in [7, 11) is 1.44. The number of aromatic hydroxyl groups is 1. The lowest BCUT2D eigenvalue weighted by molar-refractivity contribution is -0.124. The van der Waals surface area contributed by atoms with E-state index in [1.54, 1.807) is 0 Å². The third-order valence-corrected chi connectivity index (χ3v) is 3.19. The van der Waals surface area contributed by atoms with Crippen molar-refractivity contribution in [2.24, 2.45) is 0 Å². The van der Waals surface area contributed by atoms with Gasteiger partial charge in [0.05, 0.1) is 13.7 Å². The van der Waals surface area contributed by atoms with Crippen molar-refractivity contribution in [1.82, 2.24) is 5.32 Å². The summed E-state index contributed by atoms with van der Waals surface area (Å²) in [6.07, 6.45) is 0. The number of para-hydroxylation sites is 1. The fourth-order valence-electron chi connectivity index (χ4n) is 1.94. The van der Waals surface area contributed by atoms with Crippen LogP contribution in [0, 0.1) is 0 Å². The molecule has 0 saturated heterocycles. The third kappa shape index (κ3) is 5.72. The van der Waals surface area contributed by atoms with Crippen LogP contribution in [0.2, 0.25) is 0 Å². The standard InChI is InChI=1S/C18H19NO6/c1-23-14-7-8-16(20)15(11-14)18(22)25-12-17(21)19-9-10-24-13-5-3-2-4-6-13/h2-8,11,20H,9-10,12H2,1H3,(H,19,21). The Labute approximate surface area is 145 Å². The predicted octanol–water partition coefficient (Wildman–Crippen LogP) is 1.75. The number of carbonyl (C=O) groups excluding carboxylic acids is 2. The number of carbonyl (C=O) groups is 2. The molecule has 2 aromatic carbocycles. The molecule has 1 amide bonds. The number of hydrogen-bond donors (Lipinski definition) is 2. The van der Waals surface area contributed by atoms with Gasteiger partial charge in [0.25, 0.3) is 5.91 Å². The Hall–Kier alpha value is -3.22. The molecule has 2 aromatic rings. The van der Waals surface area contributed by atoms with Crippen molar-refractivity contribution in [3.05, 3.63) is 54.1 Å². The zero-order chi connectivity index (χ0) is 18.1. The molecule has 0 aliphatic carbocycles. The van der Waals surface area contributed by atoms with Gasteiger partial charge < -0.3 is 24.6 Å². The highest BCUT2D eigenvalue weighted by molar-refractivity contribution is 5.94. The number of hydrogen-bond acceptors (Lipinski definition) is 6. The Morgan fingerprint density at radius 1 is 1.08 bits per heavy atom. The molecular weight excluding hydrogens is 326 g/mol. The highest BCUT2D eigenvalue weighted by Gasteiger charge is 2.15. The first-order chi connectivity index (χ1) is 12.1. The zero-order valence-electron chi connectivity index (χ0n) is 13.7. The number of nitrogens with one attached hydrogen (secondary N) is 1. The predicted molar refractivity (Wildman–Crippen MR) is 89.9 cm³/mol. The summed E-state index contributed by atoms with van der Waals surface area (Å²) in [6, 6.07) is 13.4. The first-order valence-electron chi connectivity index (χ1n) is 7.59. The average Bonchev–Trinajstić information content (AvgIpc) is 2.64. The van der Waals surface area contributed by atoms with Gasteiger partial charge >= 0.3 is 5.97 Å². The Balaban J connectivity index is 1.71. The van der Waals surface area contributed by atoms with Gasteiger partial charge in [-0.3, -0.25) is 4.79 Å². The summed E-state index contributed by atoms with van der Waals surface area (Å²) in [4.78, 5) is 23.6. The van der Waals surface area contributed by atoms with Crippen LogP contribution in [-0.2, 0) is 9.53 Å². The average molecular weight is 345 g/mol. The molecule has 2 rings (SSSR count). The SMILES string of the molecule is COc1ccc(O)c(C(=O)OCC(=O)NCCOc2ccccc2)c1. The zero-order valence-corrected chi connectivity index (χ0v) is 13.7. The number of benzene rings is 2. The van der Waals surface area contributed by atoms with Crippen molar-refractivity contribution >= 4 is 11.9 Å². The molecule has 0 aromatic heterocycles. The molecule has 2 N–H and O–H groups in total. The summed E-state index contributed by atoms with van der Waals surface area (Å²) in [5, 5.41) is 12.2. The van der Waals surface area contributed by atoms with Gasteiger partial charge in [-0.25, -0.2) is 4.79 Å². The summed E-state index contributed by atoms with van der Waals surface area (Å²) < 4.78 is 15.3. The lowest BCUT2D eigenvalue weighted by Gasteiger charge is -2.09. The van der Waals surface area contributed by atoms with E-state index in [4.69, 9.17) is 14.2 Å². The molecule has 0 aliphatic heterocycles. The molecule has 0 unspecified atom stereocenters. The second-order valence-corrected chi connectivity index (χ2v) is 4.97. The van der Waals surface area contributed by atoms with Crippen LogP contribution in [0.1, 0.15) is 10.4 Å². The fraction of sp³-hybridized carbons (Fsp3) is 0.222. The van der Waals surface area contributed by atoms with E-state index in [0.717, 1.165) is 0 Å². The third-order valence-electron chi connectivity index (χ3n) is 3.19. The van der Waals surface area contributed by atoms with Crippen molar-refractivity contribution in [2.45, 2.75) is 0 Å². The van der Waals surface area contributed by atoms with Gasteiger partial charge in [-0.05, 0) is 30.3 Å². The Bertz CT molecular complexity index is 717. The Morgan fingerprint density at radius 3 is 2.56 bits per heavy atom. The van der Waals surface area contributed by atoms with E-state index in [2.05, 4.69) is 5.32 Å². The summed E-state index contributed by atoms with van der Waals surface area (Å²) >= 11 is 0. The number of phenols is 1. The Morgan fingerprint density at radius 2 is 1.84 bits per heavy atom. The first kappa shape index (κ1) is 18.1. The molecule has 0 spiro atoms. The second-order valence-electron chi connectivity index (χ2n) is 4.97. The molecule has 0 atom stereocenters. The van der Waals surface area contributed by atoms with E-state index in [0.29, 0.717) is 18.1 Å². The smallest absolute Gasteiger partial charge is 0.342 e. The van der Waals surface area contributed by atoms with Gasteiger partial charge in [-0.2, -0.15) is 0 Å². The normalized spacial score (nSPS) is 9.96. The molecule has 0 fully saturated rings. The molecule has 132 valence electrons. The van der Waals surface area contributed by atoms with E-state index in [1.165, 1.54) is 25.3 Å². The van der Waals surface area contributed by atoms with Crippen LogP contribution in [0.15, 0.2) is 48.5 Å². The van der Waals surface area contributed by atoms with E-state index in [1.807, 2.05) is 30.3 Å². The van der Waals surface area contributed by atoms with Crippen LogP contribution >= 0.6 is 0 Å². The number of amides is 1. The molecule has 0 aliphatic rings. The molecular formula is C18H19NO6. The fourth-order valence-corrected chi connectivity index (χ4v) is 1.94. The molecule has 0 radical (unpaired) electrons. The minimum Gasteiger partial charge on any atom is -0.507 e. The van der Waals surface area contributed by atoms with Gasteiger partial charge in [-0.1, -0.05) is 18.2 Å². The highest BCUT2D eigenvalue weighted by Crippen LogP contribution is 2.23. The summed E-state index contributed by atoms with van der Waals surface area (Å²) in [5.74, 6) is -0.425. The van der Waals surface area contributed by atoms with Gasteiger partial charge in [-0.15, -0.1) is 0 Å². The topological polar surface area (TPSA) is 94.1 Å². The van der Waals surface area contributed by atoms with E-state index in [9.17, 15) is 14.7 Å². The van der Waals surface area contributed by atoms with Crippen LogP contribution in [-0.4, -0.2) is 43.9 Å².